The minimum absolute atomic E-state index is 0.193. The highest BCUT2D eigenvalue weighted by Crippen LogP contribution is 2.28. The van der Waals surface area contributed by atoms with E-state index in [9.17, 15) is 0 Å². The minimum atomic E-state index is -0.193. The Labute approximate surface area is 87.3 Å². The average molecular weight is 191 g/mol. The highest BCUT2D eigenvalue weighted by atomic mass is 14.7. The van der Waals surface area contributed by atoms with Crippen LogP contribution in [-0.2, 0) is 5.54 Å². The number of rotatable bonds is 2. The lowest BCUT2D eigenvalue weighted by Gasteiger charge is -2.28. The molecule has 1 rings (SSSR count). The molecule has 0 bridgehead atoms. The van der Waals surface area contributed by atoms with Crippen LogP contribution in [0, 0.1) is 20.8 Å². The predicted octanol–water partition coefficient (Wildman–Crippen LogP) is 3.20. The fourth-order valence-corrected chi connectivity index (χ4v) is 2.26. The fraction of sp³-hybridized carbons (Fsp3) is 0.538. The van der Waals surface area contributed by atoms with Crippen LogP contribution in [0.1, 0.15) is 42.5 Å². The zero-order valence-corrected chi connectivity index (χ0v) is 9.94. The Balaban J connectivity index is 3.35. The van der Waals surface area contributed by atoms with E-state index < -0.39 is 0 Å². The zero-order chi connectivity index (χ0) is 10.9. The van der Waals surface area contributed by atoms with E-state index in [-0.39, 0.29) is 5.54 Å². The standard InChI is InChI=1S/C13H21N/c1-6-13(5,14)12-10(3)7-9(2)8-11(12)4/h7-8H,6,14H2,1-5H3/t13-/m1/s1. The predicted molar refractivity (Wildman–Crippen MR) is 62.5 cm³/mol. The summed E-state index contributed by atoms with van der Waals surface area (Å²) in [6.45, 7) is 10.7. The monoisotopic (exact) mass is 191 g/mol. The van der Waals surface area contributed by atoms with Crippen LogP contribution >= 0.6 is 0 Å². The SMILES string of the molecule is CC[C@@](C)(N)c1c(C)cc(C)cc1C. The molecule has 0 radical (unpaired) electrons. The van der Waals surface area contributed by atoms with Crippen molar-refractivity contribution in [2.75, 3.05) is 0 Å². The molecule has 0 saturated carbocycles. The summed E-state index contributed by atoms with van der Waals surface area (Å²) in [5.41, 5.74) is 11.4. The number of hydrogen-bond donors (Lipinski definition) is 1. The molecule has 0 fully saturated rings. The minimum Gasteiger partial charge on any atom is -0.322 e. The van der Waals surface area contributed by atoms with Crippen molar-refractivity contribution >= 4 is 0 Å². The van der Waals surface area contributed by atoms with Crippen LogP contribution in [0.3, 0.4) is 0 Å². The van der Waals surface area contributed by atoms with Gasteiger partial charge in [-0.25, -0.2) is 0 Å². The van der Waals surface area contributed by atoms with Gasteiger partial charge in [0, 0.05) is 5.54 Å². The first-order valence-corrected chi connectivity index (χ1v) is 5.25. The molecule has 0 aliphatic carbocycles. The molecule has 1 aromatic carbocycles. The Morgan fingerprint density at radius 2 is 1.57 bits per heavy atom. The number of aryl methyl sites for hydroxylation is 3. The molecule has 1 nitrogen and oxygen atoms in total. The van der Waals surface area contributed by atoms with E-state index in [0.717, 1.165) is 6.42 Å². The summed E-state index contributed by atoms with van der Waals surface area (Å²) >= 11 is 0. The number of hydrogen-bond acceptors (Lipinski definition) is 1. The van der Waals surface area contributed by atoms with Crippen molar-refractivity contribution in [3.63, 3.8) is 0 Å². The van der Waals surface area contributed by atoms with E-state index in [4.69, 9.17) is 5.73 Å². The molecule has 0 spiro atoms. The van der Waals surface area contributed by atoms with Crippen molar-refractivity contribution in [2.24, 2.45) is 5.73 Å². The Morgan fingerprint density at radius 1 is 1.14 bits per heavy atom. The smallest absolute Gasteiger partial charge is 0.0383 e. The van der Waals surface area contributed by atoms with Gasteiger partial charge in [-0.15, -0.1) is 0 Å². The van der Waals surface area contributed by atoms with Crippen LogP contribution in [0.4, 0.5) is 0 Å². The van der Waals surface area contributed by atoms with Gasteiger partial charge in [0.15, 0.2) is 0 Å². The average Bonchev–Trinajstić information content (AvgIpc) is 2.01. The van der Waals surface area contributed by atoms with E-state index >= 15 is 0 Å². The van der Waals surface area contributed by atoms with E-state index in [2.05, 4.69) is 46.8 Å². The van der Waals surface area contributed by atoms with Crippen molar-refractivity contribution in [3.05, 3.63) is 34.4 Å². The molecule has 78 valence electrons. The van der Waals surface area contributed by atoms with Crippen molar-refractivity contribution in [3.8, 4) is 0 Å². The Hall–Kier alpha value is -0.820. The highest BCUT2D eigenvalue weighted by Gasteiger charge is 2.22. The first-order chi connectivity index (χ1) is 6.38. The Morgan fingerprint density at radius 3 is 1.93 bits per heavy atom. The van der Waals surface area contributed by atoms with Gasteiger partial charge in [0.05, 0.1) is 0 Å². The molecular weight excluding hydrogens is 170 g/mol. The van der Waals surface area contributed by atoms with Crippen LogP contribution < -0.4 is 5.73 Å². The van der Waals surface area contributed by atoms with E-state index in [0.29, 0.717) is 0 Å². The van der Waals surface area contributed by atoms with Gasteiger partial charge in [-0.2, -0.15) is 0 Å². The number of nitrogens with two attached hydrogens (primary N) is 1. The summed E-state index contributed by atoms with van der Waals surface area (Å²) in [6, 6.07) is 4.42. The second kappa shape index (κ2) is 3.74. The van der Waals surface area contributed by atoms with Crippen molar-refractivity contribution < 1.29 is 0 Å². The van der Waals surface area contributed by atoms with Crippen LogP contribution in [0.5, 0.6) is 0 Å². The van der Waals surface area contributed by atoms with Gasteiger partial charge in [0.1, 0.15) is 0 Å². The third-order valence-electron chi connectivity index (χ3n) is 2.98. The van der Waals surface area contributed by atoms with Crippen molar-refractivity contribution in [1.29, 1.82) is 0 Å². The first kappa shape index (κ1) is 11.3. The maximum absolute atomic E-state index is 6.29. The van der Waals surface area contributed by atoms with Gasteiger partial charge in [-0.3, -0.25) is 0 Å². The summed E-state index contributed by atoms with van der Waals surface area (Å²) in [6.07, 6.45) is 0.970. The van der Waals surface area contributed by atoms with Crippen LogP contribution in [0.15, 0.2) is 12.1 Å². The van der Waals surface area contributed by atoms with Gasteiger partial charge in [0.25, 0.3) is 0 Å². The van der Waals surface area contributed by atoms with E-state index in [1.807, 2.05) is 0 Å². The normalized spacial score (nSPS) is 15.3. The van der Waals surface area contributed by atoms with Crippen LogP contribution in [-0.4, -0.2) is 0 Å². The molecule has 1 heteroatoms. The molecule has 14 heavy (non-hydrogen) atoms. The maximum Gasteiger partial charge on any atom is 0.0383 e. The van der Waals surface area contributed by atoms with Gasteiger partial charge >= 0.3 is 0 Å². The van der Waals surface area contributed by atoms with E-state index in [1.54, 1.807) is 0 Å². The molecule has 0 amide bonds. The Kier molecular flexibility index (Phi) is 3.01. The number of benzene rings is 1. The molecule has 0 heterocycles. The first-order valence-electron chi connectivity index (χ1n) is 5.25. The molecule has 0 aliphatic rings. The lowest BCUT2D eigenvalue weighted by molar-refractivity contribution is 0.471. The molecule has 1 atom stereocenters. The second-order valence-electron chi connectivity index (χ2n) is 4.54. The summed E-state index contributed by atoms with van der Waals surface area (Å²) in [5.74, 6) is 0. The molecule has 0 unspecified atom stereocenters. The third-order valence-corrected chi connectivity index (χ3v) is 2.98. The third kappa shape index (κ3) is 1.98. The van der Waals surface area contributed by atoms with Gasteiger partial charge in [-0.05, 0) is 50.8 Å². The lowest BCUT2D eigenvalue weighted by Crippen LogP contribution is -2.33. The van der Waals surface area contributed by atoms with Crippen molar-refractivity contribution in [2.45, 2.75) is 46.6 Å². The quantitative estimate of drug-likeness (QED) is 0.763. The fourth-order valence-electron chi connectivity index (χ4n) is 2.26. The zero-order valence-electron chi connectivity index (χ0n) is 9.94. The second-order valence-corrected chi connectivity index (χ2v) is 4.54. The maximum atomic E-state index is 6.29. The topological polar surface area (TPSA) is 26.0 Å². The van der Waals surface area contributed by atoms with Crippen LogP contribution in [0.25, 0.3) is 0 Å². The van der Waals surface area contributed by atoms with Gasteiger partial charge in [0.2, 0.25) is 0 Å². The van der Waals surface area contributed by atoms with Crippen molar-refractivity contribution in [1.82, 2.24) is 0 Å². The molecule has 0 aliphatic heterocycles. The lowest BCUT2D eigenvalue weighted by atomic mass is 9.83. The summed E-state index contributed by atoms with van der Waals surface area (Å²) < 4.78 is 0. The summed E-state index contributed by atoms with van der Waals surface area (Å²) in [7, 11) is 0. The highest BCUT2D eigenvalue weighted by molar-refractivity contribution is 5.41. The summed E-state index contributed by atoms with van der Waals surface area (Å²) in [4.78, 5) is 0. The van der Waals surface area contributed by atoms with Crippen LogP contribution in [0.2, 0.25) is 0 Å². The van der Waals surface area contributed by atoms with Gasteiger partial charge < -0.3 is 5.73 Å². The van der Waals surface area contributed by atoms with E-state index in [1.165, 1.54) is 22.3 Å². The largest absolute Gasteiger partial charge is 0.322 e. The molecule has 2 N–H and O–H groups in total. The molecular formula is C13H21N. The molecule has 0 saturated heterocycles. The van der Waals surface area contributed by atoms with Gasteiger partial charge in [-0.1, -0.05) is 24.6 Å². The Bertz CT molecular complexity index is 314. The molecule has 0 aromatic heterocycles. The molecule has 1 aromatic rings. The summed E-state index contributed by atoms with van der Waals surface area (Å²) in [5, 5.41) is 0.